The van der Waals surface area contributed by atoms with E-state index in [4.69, 9.17) is 18.9 Å². The van der Waals surface area contributed by atoms with Gasteiger partial charge in [0.05, 0.1) is 23.7 Å². The summed E-state index contributed by atoms with van der Waals surface area (Å²) in [7, 11) is -3.61. The molecular formula is C29H32N2O8S. The molecule has 3 heterocycles. The van der Waals surface area contributed by atoms with E-state index in [9.17, 15) is 18.3 Å². The number of ether oxygens (including phenoxy) is 4. The Labute approximate surface area is 233 Å². The molecule has 2 aliphatic heterocycles. The van der Waals surface area contributed by atoms with Gasteiger partial charge in [0, 0.05) is 30.4 Å². The first kappa shape index (κ1) is 27.7. The second kappa shape index (κ2) is 11.0. The zero-order valence-electron chi connectivity index (χ0n) is 22.5. The third kappa shape index (κ3) is 6.65. The number of aryl methyl sites for hydroxylation is 1. The Bertz CT molecular complexity index is 1500. The number of hydrogen-bond donors (Lipinski definition) is 2. The Hall–Kier alpha value is -3.83. The molecule has 5 rings (SSSR count). The molecule has 11 heteroatoms. The maximum Gasteiger partial charge on any atom is 0.235 e. The van der Waals surface area contributed by atoms with Crippen LogP contribution in [0.4, 0.5) is 0 Å². The van der Waals surface area contributed by atoms with Gasteiger partial charge in [-0.1, -0.05) is 24.3 Å². The summed E-state index contributed by atoms with van der Waals surface area (Å²) in [6.07, 6.45) is 0.242. The number of carbonyl (C=O) groups is 1. The van der Waals surface area contributed by atoms with Crippen molar-refractivity contribution in [3.63, 3.8) is 0 Å². The van der Waals surface area contributed by atoms with Gasteiger partial charge in [-0.05, 0) is 50.6 Å². The van der Waals surface area contributed by atoms with Crippen LogP contribution in [0.2, 0.25) is 0 Å². The molecule has 0 radical (unpaired) electrons. The number of aliphatic hydroxyl groups is 1. The molecular weight excluding hydrogens is 536 g/mol. The standard InChI is InChI=1S/C29H32N2O8S/c1-18-23(11-12-27(30-18)36-14-13-29(2,3)33)39-24-6-4-5-22-25(16-37-28(22)24)38-21-9-7-19(8-10-21)20-15-26(32)31-40(34,35)17-20/h4-12,20,25,33H,13-17H2,1-3H3,(H,31,32)/t20?,25-/m1/s1. The molecule has 0 saturated carbocycles. The topological polar surface area (TPSA) is 133 Å². The van der Waals surface area contributed by atoms with Crippen LogP contribution in [0.25, 0.3) is 0 Å². The zero-order chi connectivity index (χ0) is 28.5. The first-order valence-electron chi connectivity index (χ1n) is 13.0. The summed E-state index contributed by atoms with van der Waals surface area (Å²) >= 11 is 0. The minimum Gasteiger partial charge on any atom is -0.485 e. The second-order valence-corrected chi connectivity index (χ2v) is 12.4. The number of aromatic nitrogens is 1. The van der Waals surface area contributed by atoms with Crippen molar-refractivity contribution >= 4 is 15.9 Å². The minimum absolute atomic E-state index is 0.124. The SMILES string of the molecule is Cc1nc(OCCC(C)(C)O)ccc1Oc1cccc2c1OC[C@H]2Oc1ccc(C2CC(=O)NS(=O)(=O)C2)cc1. The number of carbonyl (C=O) groups excluding carboxylic acids is 1. The van der Waals surface area contributed by atoms with Gasteiger partial charge in [-0.2, -0.15) is 0 Å². The van der Waals surface area contributed by atoms with Crippen LogP contribution in [-0.4, -0.2) is 49.0 Å². The largest absolute Gasteiger partial charge is 0.485 e. The molecule has 0 spiro atoms. The molecule has 1 saturated heterocycles. The van der Waals surface area contributed by atoms with Gasteiger partial charge in [-0.25, -0.2) is 13.4 Å². The van der Waals surface area contributed by atoms with Crippen molar-refractivity contribution in [2.24, 2.45) is 0 Å². The Morgan fingerprint density at radius 1 is 1.10 bits per heavy atom. The third-order valence-corrected chi connectivity index (χ3v) is 8.06. The van der Waals surface area contributed by atoms with E-state index in [0.717, 1.165) is 11.1 Å². The Kier molecular flexibility index (Phi) is 7.61. The fraction of sp³-hybridized carbons (Fsp3) is 0.379. The van der Waals surface area contributed by atoms with Crippen molar-refractivity contribution in [1.29, 1.82) is 0 Å². The lowest BCUT2D eigenvalue weighted by atomic mass is 9.97. The molecule has 3 aromatic rings. The fourth-order valence-electron chi connectivity index (χ4n) is 4.61. The van der Waals surface area contributed by atoms with Crippen LogP contribution in [0.15, 0.2) is 54.6 Å². The van der Waals surface area contributed by atoms with E-state index < -0.39 is 27.4 Å². The molecule has 2 aromatic carbocycles. The normalized spacial score (nSPS) is 19.8. The van der Waals surface area contributed by atoms with Crippen molar-refractivity contribution in [3.8, 4) is 28.9 Å². The Morgan fingerprint density at radius 3 is 2.58 bits per heavy atom. The first-order chi connectivity index (χ1) is 19.0. The van der Waals surface area contributed by atoms with E-state index in [1.807, 2.05) is 29.8 Å². The van der Waals surface area contributed by atoms with Crippen LogP contribution in [0.5, 0.6) is 28.9 Å². The average molecular weight is 569 g/mol. The van der Waals surface area contributed by atoms with E-state index in [1.165, 1.54) is 0 Å². The zero-order valence-corrected chi connectivity index (χ0v) is 23.4. The van der Waals surface area contributed by atoms with Gasteiger partial charge in [0.25, 0.3) is 0 Å². The number of sulfonamides is 1. The highest BCUT2D eigenvalue weighted by molar-refractivity contribution is 7.90. The molecule has 2 atom stereocenters. The highest BCUT2D eigenvalue weighted by atomic mass is 32.2. The van der Waals surface area contributed by atoms with Crippen molar-refractivity contribution in [1.82, 2.24) is 9.71 Å². The van der Waals surface area contributed by atoms with Gasteiger partial charge in [-0.3, -0.25) is 9.52 Å². The smallest absolute Gasteiger partial charge is 0.235 e. The van der Waals surface area contributed by atoms with Crippen molar-refractivity contribution < 1.29 is 37.3 Å². The summed E-state index contributed by atoms with van der Waals surface area (Å²) in [4.78, 5) is 16.2. The molecule has 2 aliphatic rings. The van der Waals surface area contributed by atoms with Gasteiger partial charge in [0.1, 0.15) is 18.1 Å². The number of benzene rings is 2. The van der Waals surface area contributed by atoms with Crippen LogP contribution >= 0.6 is 0 Å². The monoisotopic (exact) mass is 568 g/mol. The summed E-state index contributed by atoms with van der Waals surface area (Å²) in [5.41, 5.74) is 1.44. The molecule has 10 nitrogen and oxygen atoms in total. The number of para-hydroxylation sites is 1. The van der Waals surface area contributed by atoms with E-state index in [0.29, 0.717) is 54.2 Å². The lowest BCUT2D eigenvalue weighted by Gasteiger charge is -2.22. The number of fused-ring (bicyclic) bond motifs is 1. The molecule has 1 amide bonds. The third-order valence-electron chi connectivity index (χ3n) is 6.68. The minimum atomic E-state index is -3.61. The average Bonchev–Trinajstić information content (AvgIpc) is 3.28. The van der Waals surface area contributed by atoms with Gasteiger partial charge in [0.15, 0.2) is 17.6 Å². The molecule has 40 heavy (non-hydrogen) atoms. The van der Waals surface area contributed by atoms with Crippen molar-refractivity contribution in [2.45, 2.75) is 51.2 Å². The summed E-state index contributed by atoms with van der Waals surface area (Å²) < 4.78 is 49.8. The summed E-state index contributed by atoms with van der Waals surface area (Å²) in [5, 5.41) is 9.85. The van der Waals surface area contributed by atoms with E-state index in [-0.39, 0.29) is 18.3 Å². The lowest BCUT2D eigenvalue weighted by molar-refractivity contribution is -0.119. The van der Waals surface area contributed by atoms with Crippen LogP contribution in [0.3, 0.4) is 0 Å². The first-order valence-corrected chi connectivity index (χ1v) is 14.7. The summed E-state index contributed by atoms with van der Waals surface area (Å²) in [5.74, 6) is 1.73. The highest BCUT2D eigenvalue weighted by Gasteiger charge is 2.32. The number of rotatable bonds is 9. The predicted molar refractivity (Wildman–Crippen MR) is 146 cm³/mol. The maximum atomic E-state index is 11.9. The number of pyridine rings is 1. The van der Waals surface area contributed by atoms with Crippen molar-refractivity contribution in [2.75, 3.05) is 19.0 Å². The fourth-order valence-corrected chi connectivity index (χ4v) is 5.96. The molecule has 1 fully saturated rings. The number of amides is 1. The molecule has 2 N–H and O–H groups in total. The van der Waals surface area contributed by atoms with Crippen LogP contribution < -0.4 is 23.7 Å². The molecule has 1 aromatic heterocycles. The number of hydrogen-bond acceptors (Lipinski definition) is 9. The van der Waals surface area contributed by atoms with E-state index in [2.05, 4.69) is 4.98 Å². The number of nitrogens with one attached hydrogen (secondary N) is 1. The van der Waals surface area contributed by atoms with Gasteiger partial charge >= 0.3 is 0 Å². The number of nitrogens with zero attached hydrogens (tertiary/aromatic N) is 1. The Morgan fingerprint density at radius 2 is 1.88 bits per heavy atom. The van der Waals surface area contributed by atoms with Gasteiger partial charge < -0.3 is 24.1 Å². The Balaban J connectivity index is 1.24. The molecule has 0 bridgehead atoms. The summed E-state index contributed by atoms with van der Waals surface area (Å²) in [6, 6.07) is 16.2. The summed E-state index contributed by atoms with van der Waals surface area (Å²) in [6.45, 7) is 5.93. The van der Waals surface area contributed by atoms with Crippen LogP contribution in [0, 0.1) is 6.92 Å². The van der Waals surface area contributed by atoms with Crippen LogP contribution in [-0.2, 0) is 14.8 Å². The maximum absolute atomic E-state index is 11.9. The second-order valence-electron chi connectivity index (χ2n) is 10.6. The van der Waals surface area contributed by atoms with Gasteiger partial charge in [-0.15, -0.1) is 0 Å². The predicted octanol–water partition coefficient (Wildman–Crippen LogP) is 4.17. The molecule has 0 aliphatic carbocycles. The van der Waals surface area contributed by atoms with Gasteiger partial charge in [0.2, 0.25) is 21.8 Å². The highest BCUT2D eigenvalue weighted by Crippen LogP contribution is 2.44. The lowest BCUT2D eigenvalue weighted by Crippen LogP contribution is -2.40. The quantitative estimate of drug-likeness (QED) is 0.390. The van der Waals surface area contributed by atoms with E-state index >= 15 is 0 Å². The van der Waals surface area contributed by atoms with Crippen molar-refractivity contribution in [3.05, 3.63) is 71.4 Å². The molecule has 1 unspecified atom stereocenters. The van der Waals surface area contributed by atoms with Crippen LogP contribution in [0.1, 0.15) is 55.5 Å². The van der Waals surface area contributed by atoms with E-state index in [1.54, 1.807) is 50.2 Å². The molecule has 212 valence electrons.